The Morgan fingerprint density at radius 3 is 2.45 bits per heavy atom. The molecule has 22 heavy (non-hydrogen) atoms. The highest BCUT2D eigenvalue weighted by molar-refractivity contribution is 5.97. The van der Waals surface area contributed by atoms with Crippen LogP contribution in [0.15, 0.2) is 18.2 Å². The Bertz CT molecular complexity index is 555. The molecule has 120 valence electrons. The normalized spacial score (nSPS) is 14.8. The van der Waals surface area contributed by atoms with Gasteiger partial charge in [-0.15, -0.1) is 0 Å². The smallest absolute Gasteiger partial charge is 0.262 e. The highest BCUT2D eigenvalue weighted by Crippen LogP contribution is 2.28. The van der Waals surface area contributed by atoms with Crippen LogP contribution in [0, 0.1) is 5.92 Å². The van der Waals surface area contributed by atoms with Gasteiger partial charge in [0.05, 0.1) is 0 Å². The molecule has 0 aromatic heterocycles. The van der Waals surface area contributed by atoms with Gasteiger partial charge in [-0.2, -0.15) is 0 Å². The lowest BCUT2D eigenvalue weighted by atomic mass is 10.1. The average Bonchev–Trinajstić information content (AvgIpc) is 3.01. The molecule has 0 aliphatic heterocycles. The van der Waals surface area contributed by atoms with Crippen molar-refractivity contribution in [2.75, 3.05) is 13.1 Å². The lowest BCUT2D eigenvalue weighted by Crippen LogP contribution is -2.42. The van der Waals surface area contributed by atoms with Gasteiger partial charge in [-0.1, -0.05) is 12.8 Å². The zero-order valence-electron chi connectivity index (χ0n) is 12.2. The monoisotopic (exact) mass is 308 g/mol. The molecule has 4 N–H and O–H groups in total. The van der Waals surface area contributed by atoms with E-state index in [0.717, 1.165) is 31.7 Å². The first kappa shape index (κ1) is 16.1. The van der Waals surface area contributed by atoms with Crippen LogP contribution >= 0.6 is 0 Å². The Balaban J connectivity index is 2.15. The number of phenols is 2. The first-order valence-corrected chi connectivity index (χ1v) is 7.25. The minimum Gasteiger partial charge on any atom is -0.504 e. The van der Waals surface area contributed by atoms with E-state index in [1.54, 1.807) is 0 Å². The molecule has 1 saturated carbocycles. The van der Waals surface area contributed by atoms with Gasteiger partial charge >= 0.3 is 0 Å². The van der Waals surface area contributed by atoms with Crippen LogP contribution < -0.4 is 5.48 Å². The third-order valence-electron chi connectivity index (χ3n) is 3.92. The number of hydrogen-bond acceptors (Lipinski definition) is 5. The number of nitrogens with zero attached hydrogens (tertiary/aromatic N) is 1. The fourth-order valence-corrected chi connectivity index (χ4v) is 2.77. The topological polar surface area (TPSA) is 110 Å². The van der Waals surface area contributed by atoms with Crippen molar-refractivity contribution in [1.29, 1.82) is 0 Å². The molecule has 7 nitrogen and oxygen atoms in total. The Hall–Kier alpha value is -2.28. The van der Waals surface area contributed by atoms with E-state index in [2.05, 4.69) is 0 Å². The maximum atomic E-state index is 12.5. The Kier molecular flexibility index (Phi) is 5.21. The van der Waals surface area contributed by atoms with Crippen molar-refractivity contribution in [3.05, 3.63) is 23.8 Å². The standard InChI is InChI=1S/C15H20N2O5/c18-12-6-5-11(7-13(12)19)15(21)17(9-14(20)16-22)8-10-3-1-2-4-10/h5-7,10,18-19,22H,1-4,8-9H2,(H,16,20). The first-order chi connectivity index (χ1) is 10.5. The summed E-state index contributed by atoms with van der Waals surface area (Å²) < 4.78 is 0. The van der Waals surface area contributed by atoms with Crippen molar-refractivity contribution in [2.45, 2.75) is 25.7 Å². The van der Waals surface area contributed by atoms with E-state index in [9.17, 15) is 19.8 Å². The van der Waals surface area contributed by atoms with Crippen molar-refractivity contribution in [3.63, 3.8) is 0 Å². The molecule has 0 bridgehead atoms. The lowest BCUT2D eigenvalue weighted by Gasteiger charge is -2.25. The lowest BCUT2D eigenvalue weighted by molar-refractivity contribution is -0.130. The second kappa shape index (κ2) is 7.13. The van der Waals surface area contributed by atoms with Gasteiger partial charge in [0.1, 0.15) is 6.54 Å². The molecule has 1 aliphatic rings. The molecule has 7 heteroatoms. The molecular weight excluding hydrogens is 288 g/mol. The number of carbonyl (C=O) groups is 2. The predicted molar refractivity (Wildman–Crippen MR) is 77.6 cm³/mol. The molecule has 0 unspecified atom stereocenters. The molecule has 2 rings (SSSR count). The summed E-state index contributed by atoms with van der Waals surface area (Å²) in [6.07, 6.45) is 4.23. The zero-order chi connectivity index (χ0) is 16.1. The highest BCUT2D eigenvalue weighted by atomic mass is 16.5. The Labute approximate surface area is 128 Å². The van der Waals surface area contributed by atoms with Gasteiger partial charge in [0, 0.05) is 12.1 Å². The van der Waals surface area contributed by atoms with Crippen LogP contribution in [0.3, 0.4) is 0 Å². The molecule has 0 atom stereocenters. The van der Waals surface area contributed by atoms with Gasteiger partial charge < -0.3 is 15.1 Å². The van der Waals surface area contributed by atoms with Gasteiger partial charge in [0.25, 0.3) is 11.8 Å². The predicted octanol–water partition coefficient (Wildman–Crippen LogP) is 1.24. The number of aromatic hydroxyl groups is 2. The van der Waals surface area contributed by atoms with Crippen molar-refractivity contribution in [3.8, 4) is 11.5 Å². The van der Waals surface area contributed by atoms with Crippen LogP contribution in [-0.4, -0.2) is 45.2 Å². The summed E-state index contributed by atoms with van der Waals surface area (Å²) in [7, 11) is 0. The largest absolute Gasteiger partial charge is 0.504 e. The molecule has 1 aromatic rings. The second-order valence-electron chi connectivity index (χ2n) is 5.57. The van der Waals surface area contributed by atoms with Gasteiger partial charge in [-0.05, 0) is 37.0 Å². The van der Waals surface area contributed by atoms with Crippen LogP contribution in [-0.2, 0) is 4.79 Å². The maximum absolute atomic E-state index is 12.5. The van der Waals surface area contributed by atoms with Gasteiger partial charge in [-0.25, -0.2) is 5.48 Å². The van der Waals surface area contributed by atoms with Crippen molar-refractivity contribution < 1.29 is 25.0 Å². The van der Waals surface area contributed by atoms with E-state index < -0.39 is 17.6 Å². The first-order valence-electron chi connectivity index (χ1n) is 7.25. The number of hydroxylamine groups is 1. The molecule has 1 aromatic carbocycles. The van der Waals surface area contributed by atoms with E-state index >= 15 is 0 Å². The van der Waals surface area contributed by atoms with Gasteiger partial charge in [0.15, 0.2) is 11.5 Å². The number of amides is 2. The van der Waals surface area contributed by atoms with E-state index in [4.69, 9.17) is 5.21 Å². The molecule has 0 radical (unpaired) electrons. The molecule has 0 saturated heterocycles. The van der Waals surface area contributed by atoms with Crippen molar-refractivity contribution >= 4 is 11.8 Å². The SMILES string of the molecule is O=C(CN(CC1CCCC1)C(=O)c1ccc(O)c(O)c1)NO. The van der Waals surface area contributed by atoms with Crippen LogP contribution in [0.4, 0.5) is 0 Å². The number of phenolic OH excluding ortho intramolecular Hbond substituents is 2. The fraction of sp³-hybridized carbons (Fsp3) is 0.467. The summed E-state index contributed by atoms with van der Waals surface area (Å²) in [5.74, 6) is -1.47. The third-order valence-corrected chi connectivity index (χ3v) is 3.92. The summed E-state index contributed by atoms with van der Waals surface area (Å²) in [5, 5.41) is 27.5. The van der Waals surface area contributed by atoms with Gasteiger partial charge in [0.2, 0.25) is 0 Å². The van der Waals surface area contributed by atoms with E-state index in [-0.39, 0.29) is 17.9 Å². The fourth-order valence-electron chi connectivity index (χ4n) is 2.77. The molecule has 2 amide bonds. The highest BCUT2D eigenvalue weighted by Gasteiger charge is 2.25. The molecule has 0 spiro atoms. The van der Waals surface area contributed by atoms with E-state index in [1.807, 2.05) is 0 Å². The minimum absolute atomic E-state index is 0.180. The third kappa shape index (κ3) is 3.88. The molecule has 0 heterocycles. The van der Waals surface area contributed by atoms with Crippen molar-refractivity contribution in [2.24, 2.45) is 5.92 Å². The zero-order valence-corrected chi connectivity index (χ0v) is 12.2. The number of benzene rings is 1. The van der Waals surface area contributed by atoms with E-state index in [0.29, 0.717) is 12.5 Å². The molecule has 1 fully saturated rings. The summed E-state index contributed by atoms with van der Waals surface area (Å²) >= 11 is 0. The minimum atomic E-state index is -0.672. The van der Waals surface area contributed by atoms with Crippen LogP contribution in [0.2, 0.25) is 0 Å². The summed E-state index contributed by atoms with van der Waals surface area (Å²) in [6, 6.07) is 3.77. The summed E-state index contributed by atoms with van der Waals surface area (Å²) in [5.41, 5.74) is 1.70. The number of nitrogens with one attached hydrogen (secondary N) is 1. The summed E-state index contributed by atoms with van der Waals surface area (Å²) in [4.78, 5) is 25.3. The number of carbonyl (C=O) groups excluding carboxylic acids is 2. The molecular formula is C15H20N2O5. The van der Waals surface area contributed by atoms with E-state index in [1.165, 1.54) is 22.5 Å². The van der Waals surface area contributed by atoms with Crippen LogP contribution in [0.25, 0.3) is 0 Å². The quantitative estimate of drug-likeness (QED) is 0.371. The average molecular weight is 308 g/mol. The second-order valence-corrected chi connectivity index (χ2v) is 5.57. The Morgan fingerprint density at radius 2 is 1.86 bits per heavy atom. The number of hydrogen-bond donors (Lipinski definition) is 4. The Morgan fingerprint density at radius 1 is 1.18 bits per heavy atom. The maximum Gasteiger partial charge on any atom is 0.262 e. The van der Waals surface area contributed by atoms with Crippen molar-refractivity contribution in [1.82, 2.24) is 10.4 Å². The van der Waals surface area contributed by atoms with Gasteiger partial charge in [-0.3, -0.25) is 14.8 Å². The van der Waals surface area contributed by atoms with Crippen LogP contribution in [0.1, 0.15) is 36.0 Å². The number of rotatable bonds is 5. The molecule has 1 aliphatic carbocycles. The van der Waals surface area contributed by atoms with Crippen LogP contribution in [0.5, 0.6) is 11.5 Å². The summed E-state index contributed by atoms with van der Waals surface area (Å²) in [6.45, 7) is 0.168.